The molecule has 0 aromatic carbocycles. The van der Waals surface area contributed by atoms with E-state index in [4.69, 9.17) is 14.9 Å². The quantitative estimate of drug-likeness (QED) is 0.562. The molecule has 2 aliphatic rings. The first-order valence-electron chi connectivity index (χ1n) is 10.7. The number of rotatable bonds is 5. The van der Waals surface area contributed by atoms with Crippen molar-refractivity contribution in [1.29, 1.82) is 0 Å². The van der Waals surface area contributed by atoms with Crippen molar-refractivity contribution in [2.24, 2.45) is 0 Å². The molecule has 28 heavy (non-hydrogen) atoms. The van der Waals surface area contributed by atoms with Gasteiger partial charge in [-0.1, -0.05) is 38.5 Å². The summed E-state index contributed by atoms with van der Waals surface area (Å²) in [4.78, 5) is 21.8. The Balaban J connectivity index is 0.000000281. The Morgan fingerprint density at radius 2 is 1.36 bits per heavy atom. The van der Waals surface area contributed by atoms with E-state index in [2.05, 4.69) is 10.6 Å². The SMILES string of the molecule is C1CCC(NC2CCCCC2)CC1.CC(O)C(NC(=O)OC(C)(C)C)C(=O)O. The standard InChI is InChI=1S/C12H23N.C9H17NO5/c1-3-7-11(8-4-1)13-12-9-5-2-6-10-12;1-5(11)6(7(12)13)10-8(14)15-9(2,3)4/h11-13H,1-10H2;5-6,11H,1-4H3,(H,10,14)(H,12,13). The number of carbonyl (C=O) groups is 2. The summed E-state index contributed by atoms with van der Waals surface area (Å²) < 4.78 is 4.84. The smallest absolute Gasteiger partial charge is 0.408 e. The van der Waals surface area contributed by atoms with E-state index >= 15 is 0 Å². The molecule has 4 N–H and O–H groups in total. The molecule has 2 aliphatic carbocycles. The predicted octanol–water partition coefficient (Wildman–Crippen LogP) is 3.59. The molecule has 7 heteroatoms. The summed E-state index contributed by atoms with van der Waals surface area (Å²) in [5.74, 6) is -1.31. The number of ether oxygens (including phenoxy) is 1. The van der Waals surface area contributed by atoms with Gasteiger partial charge in [0.25, 0.3) is 0 Å². The van der Waals surface area contributed by atoms with Gasteiger partial charge >= 0.3 is 12.1 Å². The van der Waals surface area contributed by atoms with Gasteiger partial charge in [-0.15, -0.1) is 0 Å². The van der Waals surface area contributed by atoms with E-state index < -0.39 is 29.8 Å². The number of aliphatic carboxylic acids is 1. The van der Waals surface area contributed by atoms with Crippen molar-refractivity contribution in [1.82, 2.24) is 10.6 Å². The molecule has 2 unspecified atom stereocenters. The van der Waals surface area contributed by atoms with E-state index in [1.165, 1.54) is 71.1 Å². The number of carboxylic acids is 1. The zero-order valence-electron chi connectivity index (χ0n) is 18.0. The number of alkyl carbamates (subject to hydrolysis) is 1. The van der Waals surface area contributed by atoms with Gasteiger partial charge < -0.3 is 25.6 Å². The maximum absolute atomic E-state index is 11.2. The van der Waals surface area contributed by atoms with Gasteiger partial charge in [-0.05, 0) is 53.4 Å². The monoisotopic (exact) mass is 400 g/mol. The molecule has 2 atom stereocenters. The second-order valence-electron chi connectivity index (χ2n) is 9.04. The third kappa shape index (κ3) is 10.9. The number of amides is 1. The Hall–Kier alpha value is -1.34. The molecule has 0 aliphatic heterocycles. The average Bonchev–Trinajstić information content (AvgIpc) is 2.60. The summed E-state index contributed by atoms with van der Waals surface area (Å²) in [6.45, 7) is 6.25. The van der Waals surface area contributed by atoms with Gasteiger partial charge in [-0.2, -0.15) is 0 Å². The lowest BCUT2D eigenvalue weighted by Crippen LogP contribution is -2.49. The number of nitrogens with one attached hydrogen (secondary N) is 2. The molecule has 164 valence electrons. The van der Waals surface area contributed by atoms with Crippen LogP contribution in [0.15, 0.2) is 0 Å². The van der Waals surface area contributed by atoms with Crippen LogP contribution in [0.5, 0.6) is 0 Å². The maximum atomic E-state index is 11.2. The highest BCUT2D eigenvalue weighted by atomic mass is 16.6. The third-order valence-corrected chi connectivity index (χ3v) is 5.10. The first-order chi connectivity index (χ1) is 13.1. The van der Waals surface area contributed by atoms with Crippen LogP contribution < -0.4 is 10.6 Å². The van der Waals surface area contributed by atoms with Crippen LogP contribution in [0.4, 0.5) is 4.79 Å². The summed E-state index contributed by atoms with van der Waals surface area (Å²) in [7, 11) is 0. The van der Waals surface area contributed by atoms with Crippen molar-refractivity contribution in [3.05, 3.63) is 0 Å². The largest absolute Gasteiger partial charge is 0.480 e. The van der Waals surface area contributed by atoms with Crippen LogP contribution in [0.25, 0.3) is 0 Å². The molecule has 2 rings (SSSR count). The zero-order chi connectivity index (χ0) is 21.2. The normalized spacial score (nSPS) is 21.0. The van der Waals surface area contributed by atoms with Crippen LogP contribution in [0.3, 0.4) is 0 Å². The number of hydrogen-bond acceptors (Lipinski definition) is 5. The van der Waals surface area contributed by atoms with Gasteiger partial charge in [0.15, 0.2) is 6.04 Å². The molecule has 0 aromatic rings. The van der Waals surface area contributed by atoms with E-state index in [0.717, 1.165) is 12.1 Å². The average molecular weight is 401 g/mol. The fourth-order valence-electron chi connectivity index (χ4n) is 3.70. The van der Waals surface area contributed by atoms with Crippen LogP contribution in [-0.4, -0.2) is 52.1 Å². The minimum atomic E-state index is -1.36. The van der Waals surface area contributed by atoms with Crippen LogP contribution in [0.2, 0.25) is 0 Å². The van der Waals surface area contributed by atoms with Crippen LogP contribution >= 0.6 is 0 Å². The zero-order valence-corrected chi connectivity index (χ0v) is 18.0. The van der Waals surface area contributed by atoms with Gasteiger partial charge in [-0.25, -0.2) is 9.59 Å². The molecule has 2 saturated carbocycles. The van der Waals surface area contributed by atoms with Crippen molar-refractivity contribution in [3.8, 4) is 0 Å². The Bertz CT molecular complexity index is 448. The molecule has 0 spiro atoms. The minimum absolute atomic E-state index is 0.703. The van der Waals surface area contributed by atoms with E-state index in [-0.39, 0.29) is 0 Å². The Morgan fingerprint density at radius 1 is 0.929 bits per heavy atom. The summed E-state index contributed by atoms with van der Waals surface area (Å²) in [6, 6.07) is 0.383. The molecule has 0 saturated heterocycles. The summed E-state index contributed by atoms with van der Waals surface area (Å²) in [5, 5.41) is 23.7. The van der Waals surface area contributed by atoms with Crippen molar-refractivity contribution < 1.29 is 24.5 Å². The Morgan fingerprint density at radius 3 is 1.68 bits per heavy atom. The maximum Gasteiger partial charge on any atom is 0.408 e. The summed E-state index contributed by atoms with van der Waals surface area (Å²) in [6.07, 6.45) is 12.5. The molecule has 0 radical (unpaired) electrons. The molecular weight excluding hydrogens is 360 g/mol. The number of hydrogen-bond donors (Lipinski definition) is 4. The van der Waals surface area contributed by atoms with Gasteiger partial charge in [-0.3, -0.25) is 0 Å². The van der Waals surface area contributed by atoms with Crippen molar-refractivity contribution in [3.63, 3.8) is 0 Å². The van der Waals surface area contributed by atoms with Crippen LogP contribution in [0.1, 0.15) is 91.9 Å². The van der Waals surface area contributed by atoms with Gasteiger partial charge in [0.2, 0.25) is 0 Å². The molecular formula is C21H40N2O5. The second kappa shape index (κ2) is 12.3. The van der Waals surface area contributed by atoms with Gasteiger partial charge in [0, 0.05) is 12.1 Å². The Labute approximate surface area is 169 Å². The van der Waals surface area contributed by atoms with Gasteiger partial charge in [0.05, 0.1) is 6.10 Å². The highest BCUT2D eigenvalue weighted by molar-refractivity contribution is 5.80. The topological polar surface area (TPSA) is 108 Å². The van der Waals surface area contributed by atoms with Gasteiger partial charge in [0.1, 0.15) is 5.60 Å². The second-order valence-corrected chi connectivity index (χ2v) is 9.04. The fraction of sp³-hybridized carbons (Fsp3) is 0.905. The number of aliphatic hydroxyl groups excluding tert-OH is 1. The third-order valence-electron chi connectivity index (χ3n) is 5.10. The predicted molar refractivity (Wildman–Crippen MR) is 109 cm³/mol. The number of carboxylic acid groups (broad SMARTS) is 1. The van der Waals surface area contributed by atoms with Crippen molar-refractivity contribution in [2.75, 3.05) is 0 Å². The van der Waals surface area contributed by atoms with E-state index in [1.807, 2.05) is 0 Å². The van der Waals surface area contributed by atoms with E-state index in [9.17, 15) is 9.59 Å². The molecule has 7 nitrogen and oxygen atoms in total. The lowest BCUT2D eigenvalue weighted by Gasteiger charge is -2.30. The highest BCUT2D eigenvalue weighted by Crippen LogP contribution is 2.22. The molecule has 0 heterocycles. The van der Waals surface area contributed by atoms with Crippen LogP contribution in [-0.2, 0) is 9.53 Å². The molecule has 2 fully saturated rings. The van der Waals surface area contributed by atoms with E-state index in [0.29, 0.717) is 0 Å². The lowest BCUT2D eigenvalue weighted by atomic mass is 9.91. The van der Waals surface area contributed by atoms with Crippen molar-refractivity contribution in [2.45, 2.75) is 122 Å². The minimum Gasteiger partial charge on any atom is -0.480 e. The van der Waals surface area contributed by atoms with Crippen LogP contribution in [0, 0.1) is 0 Å². The first kappa shape index (κ1) is 24.7. The summed E-state index contributed by atoms with van der Waals surface area (Å²) in [5.41, 5.74) is -0.703. The molecule has 1 amide bonds. The number of carbonyl (C=O) groups excluding carboxylic acids is 1. The van der Waals surface area contributed by atoms with Crippen molar-refractivity contribution >= 4 is 12.1 Å². The molecule has 0 bridgehead atoms. The summed E-state index contributed by atoms with van der Waals surface area (Å²) >= 11 is 0. The number of aliphatic hydroxyl groups is 1. The first-order valence-corrected chi connectivity index (χ1v) is 10.7. The molecule has 0 aromatic heterocycles. The Kier molecular flexibility index (Phi) is 10.8. The fourth-order valence-corrected chi connectivity index (χ4v) is 3.70. The lowest BCUT2D eigenvalue weighted by molar-refractivity contribution is -0.142. The highest BCUT2D eigenvalue weighted by Gasteiger charge is 2.27. The van der Waals surface area contributed by atoms with E-state index in [1.54, 1.807) is 20.8 Å².